The second-order valence-corrected chi connectivity index (χ2v) is 13.4. The lowest BCUT2D eigenvalue weighted by molar-refractivity contribution is 0.590. The fourth-order valence-electron chi connectivity index (χ4n) is 6.30. The minimum absolute atomic E-state index is 0.0523. The Balaban J connectivity index is 1.64. The van der Waals surface area contributed by atoms with Crippen LogP contribution in [-0.2, 0) is 16.2 Å². The molecule has 0 N–H and O–H groups in total. The van der Waals surface area contributed by atoms with Crippen LogP contribution < -0.4 is 4.90 Å². The normalized spacial score (nSPS) is 16.7. The molecule has 4 aromatic rings. The molecule has 6 rings (SSSR count). The van der Waals surface area contributed by atoms with Crippen LogP contribution in [0, 0.1) is 0 Å². The number of halogens is 1. The summed E-state index contributed by atoms with van der Waals surface area (Å²) in [4.78, 5) is 2.48. The lowest BCUT2D eigenvalue weighted by Crippen LogP contribution is -2.31. The largest absolute Gasteiger partial charge is 0.310 e. The molecule has 0 saturated carbocycles. The van der Waals surface area contributed by atoms with Gasteiger partial charge in [0, 0.05) is 21.0 Å². The molecule has 0 amide bonds. The van der Waals surface area contributed by atoms with Gasteiger partial charge in [-0.05, 0) is 86.8 Å². The molecule has 182 valence electrons. The predicted octanol–water partition coefficient (Wildman–Crippen LogP) is 10.2. The molecule has 2 heteroatoms. The van der Waals surface area contributed by atoms with Crippen molar-refractivity contribution in [3.63, 3.8) is 0 Å². The number of nitrogens with zero attached hydrogens (tertiary/aromatic N) is 1. The molecular weight excluding hydrogens is 502 g/mol. The van der Waals surface area contributed by atoms with Crippen molar-refractivity contribution < 1.29 is 0 Å². The van der Waals surface area contributed by atoms with E-state index in [9.17, 15) is 0 Å². The first-order chi connectivity index (χ1) is 16.9. The Morgan fingerprint density at radius 1 is 0.611 bits per heavy atom. The number of anilines is 3. The zero-order valence-corrected chi connectivity index (χ0v) is 23.9. The Labute approximate surface area is 224 Å². The number of para-hydroxylation sites is 1. The van der Waals surface area contributed by atoms with Gasteiger partial charge in [-0.3, -0.25) is 0 Å². The van der Waals surface area contributed by atoms with Crippen molar-refractivity contribution in [3.05, 3.63) is 111 Å². The van der Waals surface area contributed by atoms with E-state index >= 15 is 0 Å². The van der Waals surface area contributed by atoms with E-state index in [0.717, 1.165) is 4.47 Å². The average Bonchev–Trinajstić information content (AvgIpc) is 3.04. The first-order valence-electron chi connectivity index (χ1n) is 12.9. The maximum absolute atomic E-state index is 3.72. The summed E-state index contributed by atoms with van der Waals surface area (Å²) in [6.45, 7) is 16.3. The molecule has 0 fully saturated rings. The van der Waals surface area contributed by atoms with Crippen LogP contribution in [0.1, 0.15) is 76.3 Å². The first kappa shape index (κ1) is 23.6. The van der Waals surface area contributed by atoms with Gasteiger partial charge >= 0.3 is 0 Å². The lowest BCUT2D eigenvalue weighted by Gasteiger charge is -2.43. The van der Waals surface area contributed by atoms with Crippen molar-refractivity contribution in [1.82, 2.24) is 0 Å². The van der Waals surface area contributed by atoms with Crippen molar-refractivity contribution in [1.29, 1.82) is 0 Å². The summed E-state index contributed by atoms with van der Waals surface area (Å²) in [5, 5.41) is 0. The van der Waals surface area contributed by atoms with E-state index in [1.54, 1.807) is 0 Å². The van der Waals surface area contributed by atoms with Crippen LogP contribution in [0.4, 0.5) is 17.1 Å². The quantitative estimate of drug-likeness (QED) is 0.234. The molecule has 0 radical (unpaired) electrons. The highest BCUT2D eigenvalue weighted by Gasteiger charge is 2.42. The summed E-state index contributed by atoms with van der Waals surface area (Å²) >= 11 is 3.72. The van der Waals surface area contributed by atoms with Gasteiger partial charge in [-0.2, -0.15) is 0 Å². The van der Waals surface area contributed by atoms with E-state index in [1.165, 1.54) is 56.0 Å². The molecule has 0 unspecified atom stereocenters. The summed E-state index contributed by atoms with van der Waals surface area (Å²) in [5.41, 5.74) is 13.4. The third-order valence-electron chi connectivity index (χ3n) is 8.48. The summed E-state index contributed by atoms with van der Waals surface area (Å²) in [6, 6.07) is 29.8. The van der Waals surface area contributed by atoms with Crippen molar-refractivity contribution in [2.24, 2.45) is 0 Å². The van der Waals surface area contributed by atoms with Gasteiger partial charge in [0.2, 0.25) is 0 Å². The molecule has 2 aliphatic rings. The third-order valence-corrected chi connectivity index (χ3v) is 8.97. The number of hydrogen-bond acceptors (Lipinski definition) is 1. The summed E-state index contributed by atoms with van der Waals surface area (Å²) in [5.74, 6) is 0. The highest BCUT2D eigenvalue weighted by molar-refractivity contribution is 9.10. The van der Waals surface area contributed by atoms with E-state index in [0.29, 0.717) is 0 Å². The van der Waals surface area contributed by atoms with Crippen molar-refractivity contribution in [2.75, 3.05) is 4.90 Å². The zero-order valence-electron chi connectivity index (χ0n) is 22.3. The van der Waals surface area contributed by atoms with Crippen LogP contribution >= 0.6 is 15.9 Å². The molecule has 1 aliphatic heterocycles. The van der Waals surface area contributed by atoms with E-state index in [2.05, 4.69) is 148 Å². The molecule has 0 spiro atoms. The van der Waals surface area contributed by atoms with Gasteiger partial charge in [-0.1, -0.05) is 101 Å². The number of rotatable bonds is 1. The molecule has 0 atom stereocenters. The van der Waals surface area contributed by atoms with Crippen LogP contribution in [0.5, 0.6) is 0 Å². The van der Waals surface area contributed by atoms with Gasteiger partial charge in [-0.15, -0.1) is 0 Å². The van der Waals surface area contributed by atoms with E-state index in [1.807, 2.05) is 0 Å². The van der Waals surface area contributed by atoms with Gasteiger partial charge in [-0.25, -0.2) is 0 Å². The molecule has 0 saturated heterocycles. The SMILES string of the molecule is CC(C)(C)c1ccc(N2c3ccccc3C(C)(C)c3cc4c(cc32)C(C)(C)c2ccc(Br)cc2-4)cc1. The first-order valence-corrected chi connectivity index (χ1v) is 13.7. The van der Waals surface area contributed by atoms with Crippen LogP contribution in [0.2, 0.25) is 0 Å². The molecule has 36 heavy (non-hydrogen) atoms. The lowest BCUT2D eigenvalue weighted by atomic mass is 9.71. The summed E-state index contributed by atoms with van der Waals surface area (Å²) < 4.78 is 1.13. The van der Waals surface area contributed by atoms with Gasteiger partial charge in [0.1, 0.15) is 0 Å². The second kappa shape index (κ2) is 7.59. The Morgan fingerprint density at radius 3 is 1.94 bits per heavy atom. The number of hydrogen-bond donors (Lipinski definition) is 0. The Hall–Kier alpha value is -2.84. The van der Waals surface area contributed by atoms with Gasteiger partial charge in [0.05, 0.1) is 11.4 Å². The van der Waals surface area contributed by atoms with E-state index < -0.39 is 0 Å². The van der Waals surface area contributed by atoms with Gasteiger partial charge < -0.3 is 4.90 Å². The molecule has 4 aromatic carbocycles. The highest BCUT2D eigenvalue weighted by atomic mass is 79.9. The zero-order chi connectivity index (χ0) is 25.6. The van der Waals surface area contributed by atoms with Gasteiger partial charge in [0.15, 0.2) is 0 Å². The maximum Gasteiger partial charge on any atom is 0.0506 e. The Bertz CT molecular complexity index is 1520. The Kier molecular flexibility index (Phi) is 4.96. The minimum Gasteiger partial charge on any atom is -0.310 e. The van der Waals surface area contributed by atoms with Crippen LogP contribution in [0.25, 0.3) is 11.1 Å². The molecule has 0 aromatic heterocycles. The molecule has 0 bridgehead atoms. The van der Waals surface area contributed by atoms with Crippen LogP contribution in [0.3, 0.4) is 0 Å². The van der Waals surface area contributed by atoms with Gasteiger partial charge in [0.25, 0.3) is 0 Å². The highest BCUT2D eigenvalue weighted by Crippen LogP contribution is 2.57. The van der Waals surface area contributed by atoms with Crippen LogP contribution in [-0.4, -0.2) is 0 Å². The van der Waals surface area contributed by atoms with Crippen LogP contribution in [0.15, 0.2) is 83.3 Å². The monoisotopic (exact) mass is 535 g/mol. The standard InChI is InChI=1S/C34H34BrN/c1-32(2,3)21-12-15-23(16-13-21)36-30-11-9-8-10-27(30)34(6,7)29-19-25-24-18-22(35)14-17-26(24)33(4,5)28(25)20-31(29)36/h8-20H,1-7H3. The molecule has 1 heterocycles. The molecule has 1 nitrogen and oxygen atoms in total. The second-order valence-electron chi connectivity index (χ2n) is 12.5. The van der Waals surface area contributed by atoms with Crippen molar-refractivity contribution in [3.8, 4) is 11.1 Å². The Morgan fingerprint density at radius 2 is 1.25 bits per heavy atom. The van der Waals surface area contributed by atoms with Crippen molar-refractivity contribution >= 4 is 33.0 Å². The van der Waals surface area contributed by atoms with E-state index in [-0.39, 0.29) is 16.2 Å². The number of fused-ring (bicyclic) bond motifs is 5. The average molecular weight is 537 g/mol. The minimum atomic E-state index is -0.109. The summed E-state index contributed by atoms with van der Waals surface area (Å²) in [7, 11) is 0. The third kappa shape index (κ3) is 3.27. The predicted molar refractivity (Wildman–Crippen MR) is 157 cm³/mol. The number of benzene rings is 4. The fraction of sp³-hybridized carbons (Fsp3) is 0.294. The fourth-order valence-corrected chi connectivity index (χ4v) is 6.66. The maximum atomic E-state index is 3.72. The topological polar surface area (TPSA) is 3.24 Å². The van der Waals surface area contributed by atoms with Crippen molar-refractivity contribution in [2.45, 2.75) is 64.7 Å². The smallest absolute Gasteiger partial charge is 0.0506 e. The van der Waals surface area contributed by atoms with E-state index in [4.69, 9.17) is 0 Å². The molecular formula is C34H34BrN. The summed E-state index contributed by atoms with van der Waals surface area (Å²) in [6.07, 6.45) is 0. The molecule has 1 aliphatic carbocycles.